The molecular weight excluding hydrogens is 234 g/mol. The fraction of sp³-hybridized carbons (Fsp3) is 0.154. The van der Waals surface area contributed by atoms with E-state index in [4.69, 9.17) is 17.3 Å². The van der Waals surface area contributed by atoms with Gasteiger partial charge in [-0.25, -0.2) is 4.98 Å². The smallest absolute Gasteiger partial charge is 0.130 e. The van der Waals surface area contributed by atoms with Gasteiger partial charge in [0.25, 0.3) is 0 Å². The van der Waals surface area contributed by atoms with E-state index in [1.807, 2.05) is 48.3 Å². The molecule has 17 heavy (non-hydrogen) atoms. The van der Waals surface area contributed by atoms with Gasteiger partial charge >= 0.3 is 0 Å². The Bertz CT molecular complexity index is 514. The second-order valence-electron chi connectivity index (χ2n) is 3.87. The predicted octanol–water partition coefficient (Wildman–Crippen LogP) is 2.95. The van der Waals surface area contributed by atoms with E-state index in [0.717, 1.165) is 16.4 Å². The number of hydrogen-bond acceptors (Lipinski definition) is 3. The first-order valence-corrected chi connectivity index (χ1v) is 5.71. The lowest BCUT2D eigenvalue weighted by Crippen LogP contribution is -2.18. The topological polar surface area (TPSA) is 42.1 Å². The molecule has 1 aromatic heterocycles. The van der Waals surface area contributed by atoms with E-state index >= 15 is 0 Å². The number of benzene rings is 1. The predicted molar refractivity (Wildman–Crippen MR) is 72.2 cm³/mol. The molecule has 0 saturated carbocycles. The van der Waals surface area contributed by atoms with Crippen molar-refractivity contribution < 1.29 is 0 Å². The maximum Gasteiger partial charge on any atom is 0.130 e. The van der Waals surface area contributed by atoms with Crippen LogP contribution in [0.4, 0.5) is 11.6 Å². The van der Waals surface area contributed by atoms with Crippen molar-refractivity contribution in [2.24, 2.45) is 0 Å². The van der Waals surface area contributed by atoms with Crippen LogP contribution in [0.1, 0.15) is 5.56 Å². The molecule has 0 bridgehead atoms. The van der Waals surface area contributed by atoms with Crippen molar-refractivity contribution in [1.29, 1.82) is 0 Å². The summed E-state index contributed by atoms with van der Waals surface area (Å²) in [4.78, 5) is 6.27. The van der Waals surface area contributed by atoms with E-state index in [0.29, 0.717) is 12.4 Å². The summed E-state index contributed by atoms with van der Waals surface area (Å²) in [6.07, 6.45) is 0. The Morgan fingerprint density at radius 2 is 1.94 bits per heavy atom. The van der Waals surface area contributed by atoms with Crippen LogP contribution >= 0.6 is 11.6 Å². The van der Waals surface area contributed by atoms with Crippen molar-refractivity contribution in [2.75, 3.05) is 17.7 Å². The van der Waals surface area contributed by atoms with E-state index in [1.54, 1.807) is 6.07 Å². The monoisotopic (exact) mass is 247 g/mol. The zero-order valence-corrected chi connectivity index (χ0v) is 10.4. The van der Waals surface area contributed by atoms with E-state index in [9.17, 15) is 0 Å². The van der Waals surface area contributed by atoms with Crippen LogP contribution in [-0.4, -0.2) is 12.0 Å². The number of nitrogens with zero attached hydrogens (tertiary/aromatic N) is 2. The molecule has 88 valence electrons. The second kappa shape index (κ2) is 5.06. The second-order valence-corrected chi connectivity index (χ2v) is 4.28. The first-order valence-electron chi connectivity index (χ1n) is 5.34. The molecule has 0 radical (unpaired) electrons. The first-order chi connectivity index (χ1) is 8.16. The number of aromatic nitrogens is 1. The van der Waals surface area contributed by atoms with Gasteiger partial charge in [-0.15, -0.1) is 0 Å². The van der Waals surface area contributed by atoms with Crippen molar-refractivity contribution in [3.05, 3.63) is 53.1 Å². The Hall–Kier alpha value is -1.74. The van der Waals surface area contributed by atoms with Gasteiger partial charge in [-0.3, -0.25) is 0 Å². The van der Waals surface area contributed by atoms with Gasteiger partial charge in [0.15, 0.2) is 0 Å². The summed E-state index contributed by atoms with van der Waals surface area (Å²) >= 11 is 6.12. The Morgan fingerprint density at radius 3 is 2.65 bits per heavy atom. The van der Waals surface area contributed by atoms with Gasteiger partial charge in [-0.1, -0.05) is 35.9 Å². The van der Waals surface area contributed by atoms with Gasteiger partial charge < -0.3 is 10.6 Å². The highest BCUT2D eigenvalue weighted by molar-refractivity contribution is 6.31. The molecule has 0 saturated heterocycles. The highest BCUT2D eigenvalue weighted by Gasteiger charge is 2.06. The third-order valence-electron chi connectivity index (χ3n) is 2.51. The molecule has 0 atom stereocenters. The summed E-state index contributed by atoms with van der Waals surface area (Å²) in [5.74, 6) is 1.36. The molecule has 1 heterocycles. The molecule has 2 aromatic rings. The third kappa shape index (κ3) is 2.88. The average Bonchev–Trinajstić information content (AvgIpc) is 2.32. The molecule has 0 spiro atoms. The number of anilines is 2. The van der Waals surface area contributed by atoms with Gasteiger partial charge in [-0.2, -0.15) is 0 Å². The van der Waals surface area contributed by atoms with Crippen molar-refractivity contribution in [3.8, 4) is 0 Å². The minimum absolute atomic E-state index is 0.522. The molecule has 0 fully saturated rings. The van der Waals surface area contributed by atoms with Crippen molar-refractivity contribution in [3.63, 3.8) is 0 Å². The largest absolute Gasteiger partial charge is 0.384 e. The lowest BCUT2D eigenvalue weighted by molar-refractivity contribution is 0.900. The molecule has 2 N–H and O–H groups in total. The van der Waals surface area contributed by atoms with Gasteiger partial charge in [0.2, 0.25) is 0 Å². The van der Waals surface area contributed by atoms with E-state index in [1.165, 1.54) is 0 Å². The summed E-state index contributed by atoms with van der Waals surface area (Å²) in [7, 11) is 1.96. The summed E-state index contributed by atoms with van der Waals surface area (Å²) in [5, 5.41) is 0.767. The number of nitrogens with two attached hydrogens (primary N) is 1. The highest BCUT2D eigenvalue weighted by Crippen LogP contribution is 2.19. The van der Waals surface area contributed by atoms with Crippen molar-refractivity contribution >= 4 is 23.2 Å². The fourth-order valence-corrected chi connectivity index (χ4v) is 1.81. The summed E-state index contributed by atoms with van der Waals surface area (Å²) in [5.41, 5.74) is 6.73. The molecule has 0 amide bonds. The molecule has 0 aliphatic carbocycles. The Kier molecular flexibility index (Phi) is 3.49. The summed E-state index contributed by atoms with van der Waals surface area (Å²) in [6, 6.07) is 13.4. The molecule has 3 nitrogen and oxygen atoms in total. The van der Waals surface area contributed by atoms with Crippen molar-refractivity contribution in [1.82, 2.24) is 4.98 Å². The number of halogens is 1. The van der Waals surface area contributed by atoms with Gasteiger partial charge in [-0.05, 0) is 23.8 Å². The van der Waals surface area contributed by atoms with E-state index in [2.05, 4.69) is 4.98 Å². The first kappa shape index (κ1) is 11.7. The lowest BCUT2D eigenvalue weighted by atomic mass is 10.2. The molecule has 1 aromatic carbocycles. The maximum atomic E-state index is 6.12. The van der Waals surface area contributed by atoms with Crippen LogP contribution in [0.25, 0.3) is 0 Å². The number of pyridine rings is 1. The minimum atomic E-state index is 0.522. The van der Waals surface area contributed by atoms with Crippen LogP contribution in [0.5, 0.6) is 0 Å². The molecule has 4 heteroatoms. The van der Waals surface area contributed by atoms with Crippen LogP contribution in [0.15, 0.2) is 42.5 Å². The van der Waals surface area contributed by atoms with Crippen LogP contribution < -0.4 is 10.6 Å². The quantitative estimate of drug-likeness (QED) is 0.907. The number of hydrogen-bond donors (Lipinski definition) is 1. The number of nitrogen functional groups attached to an aromatic ring is 1. The van der Waals surface area contributed by atoms with Crippen LogP contribution in [0.2, 0.25) is 5.02 Å². The standard InChI is InChI=1S/C13H14ClN3/c1-17(13-8-4-7-12(15)16-13)9-10-5-2-3-6-11(10)14/h2-8H,9H2,1H3,(H2,15,16). The molecule has 0 aliphatic rings. The Balaban J connectivity index is 2.17. The summed E-state index contributed by atoms with van der Waals surface area (Å²) in [6.45, 7) is 0.704. The SMILES string of the molecule is CN(Cc1ccccc1Cl)c1cccc(N)n1. The van der Waals surface area contributed by atoms with Crippen LogP contribution in [0, 0.1) is 0 Å². The maximum absolute atomic E-state index is 6.12. The van der Waals surface area contributed by atoms with Crippen molar-refractivity contribution in [2.45, 2.75) is 6.54 Å². The molecular formula is C13H14ClN3. The third-order valence-corrected chi connectivity index (χ3v) is 2.88. The van der Waals surface area contributed by atoms with E-state index < -0.39 is 0 Å². The van der Waals surface area contributed by atoms with Gasteiger partial charge in [0.05, 0.1) is 0 Å². The van der Waals surface area contributed by atoms with Gasteiger partial charge in [0.1, 0.15) is 11.6 Å². The highest BCUT2D eigenvalue weighted by atomic mass is 35.5. The Labute approximate surface area is 106 Å². The van der Waals surface area contributed by atoms with Crippen LogP contribution in [0.3, 0.4) is 0 Å². The molecule has 0 unspecified atom stereocenters. The summed E-state index contributed by atoms with van der Waals surface area (Å²) < 4.78 is 0. The van der Waals surface area contributed by atoms with Gasteiger partial charge in [0, 0.05) is 18.6 Å². The van der Waals surface area contributed by atoms with E-state index in [-0.39, 0.29) is 0 Å². The zero-order chi connectivity index (χ0) is 12.3. The lowest BCUT2D eigenvalue weighted by Gasteiger charge is -2.19. The minimum Gasteiger partial charge on any atom is -0.384 e. The van der Waals surface area contributed by atoms with Crippen LogP contribution in [-0.2, 0) is 6.54 Å². The molecule has 0 aliphatic heterocycles. The zero-order valence-electron chi connectivity index (χ0n) is 9.60. The fourth-order valence-electron chi connectivity index (χ4n) is 1.62. The molecule has 2 rings (SSSR count). The Morgan fingerprint density at radius 1 is 1.18 bits per heavy atom. The number of rotatable bonds is 3. The normalized spacial score (nSPS) is 10.2. The average molecular weight is 248 g/mol.